The molecule has 0 radical (unpaired) electrons. The summed E-state index contributed by atoms with van der Waals surface area (Å²) < 4.78 is 40.1. The maximum atomic E-state index is 13.5. The van der Waals surface area contributed by atoms with Crippen molar-refractivity contribution >= 4 is 29.1 Å². The fourth-order valence-corrected chi connectivity index (χ4v) is 3.84. The minimum atomic E-state index is -4.56. The first-order valence-electron chi connectivity index (χ1n) is 10.9. The molecule has 0 spiro atoms. The number of pyridine rings is 1. The minimum absolute atomic E-state index is 0.0632. The molecule has 5 N–H and O–H groups in total. The van der Waals surface area contributed by atoms with Gasteiger partial charge in [0.25, 0.3) is 11.8 Å². The molecular formula is C22H20ClF3N10O2. The Morgan fingerprint density at radius 1 is 1.26 bits per heavy atom. The lowest BCUT2D eigenvalue weighted by atomic mass is 10.0. The fourth-order valence-electron chi connectivity index (χ4n) is 3.64. The lowest BCUT2D eigenvalue weighted by Crippen LogP contribution is -2.47. The average Bonchev–Trinajstić information content (AvgIpc) is 3.52. The smallest absolute Gasteiger partial charge is 0.355 e. The molecule has 0 bridgehead atoms. The van der Waals surface area contributed by atoms with E-state index in [1.54, 1.807) is 13.0 Å². The third-order valence-electron chi connectivity index (χ3n) is 5.38. The van der Waals surface area contributed by atoms with E-state index in [2.05, 4.69) is 37.1 Å². The van der Waals surface area contributed by atoms with E-state index in [1.807, 2.05) is 6.07 Å². The Bertz CT molecular complexity index is 1440. The van der Waals surface area contributed by atoms with Crippen molar-refractivity contribution in [2.24, 2.45) is 0 Å². The Kier molecular flexibility index (Phi) is 7.62. The number of rotatable bonds is 6. The van der Waals surface area contributed by atoms with Gasteiger partial charge >= 0.3 is 6.18 Å². The van der Waals surface area contributed by atoms with Crippen molar-refractivity contribution in [3.05, 3.63) is 69.6 Å². The first-order valence-corrected chi connectivity index (χ1v) is 11.3. The van der Waals surface area contributed by atoms with Gasteiger partial charge in [0.1, 0.15) is 5.69 Å². The van der Waals surface area contributed by atoms with Crippen LogP contribution >= 0.6 is 11.6 Å². The van der Waals surface area contributed by atoms with E-state index in [4.69, 9.17) is 11.6 Å². The molecule has 4 rings (SSSR count). The summed E-state index contributed by atoms with van der Waals surface area (Å²) >= 11 is 6.28. The van der Waals surface area contributed by atoms with Crippen LogP contribution in [0.4, 0.5) is 18.9 Å². The van der Waals surface area contributed by atoms with Gasteiger partial charge in [-0.25, -0.2) is 20.5 Å². The van der Waals surface area contributed by atoms with Gasteiger partial charge in [0.2, 0.25) is 0 Å². The van der Waals surface area contributed by atoms with Crippen molar-refractivity contribution in [1.82, 2.24) is 41.6 Å². The zero-order valence-electron chi connectivity index (χ0n) is 19.8. The van der Waals surface area contributed by atoms with Crippen LogP contribution in [0.5, 0.6) is 0 Å². The van der Waals surface area contributed by atoms with Gasteiger partial charge in [-0.05, 0) is 42.8 Å². The van der Waals surface area contributed by atoms with Crippen LogP contribution in [0.25, 0.3) is 5.82 Å². The van der Waals surface area contributed by atoms with Crippen LogP contribution in [0.15, 0.2) is 36.5 Å². The summed E-state index contributed by atoms with van der Waals surface area (Å²) in [6.45, 7) is 1.42. The monoisotopic (exact) mass is 548 g/mol. The van der Waals surface area contributed by atoms with Crippen molar-refractivity contribution < 1.29 is 22.8 Å². The number of alkyl halides is 3. The molecule has 1 aliphatic heterocycles. The van der Waals surface area contributed by atoms with Gasteiger partial charge < -0.3 is 10.6 Å². The van der Waals surface area contributed by atoms with E-state index in [9.17, 15) is 28.0 Å². The number of amides is 2. The van der Waals surface area contributed by atoms with Gasteiger partial charge in [-0.3, -0.25) is 9.59 Å². The first-order chi connectivity index (χ1) is 18.0. The van der Waals surface area contributed by atoms with Crippen molar-refractivity contribution in [2.45, 2.75) is 25.8 Å². The Morgan fingerprint density at radius 2 is 2.03 bits per heavy atom. The second-order valence-corrected chi connectivity index (χ2v) is 8.46. The summed E-state index contributed by atoms with van der Waals surface area (Å²) in [5.41, 5.74) is 7.62. The largest absolute Gasteiger partial charge is 0.419 e. The lowest BCUT2D eigenvalue weighted by molar-refractivity contribution is -0.161. The van der Waals surface area contributed by atoms with Crippen LogP contribution in [0.1, 0.15) is 37.7 Å². The van der Waals surface area contributed by atoms with Gasteiger partial charge in [-0.15, -0.1) is 0 Å². The van der Waals surface area contributed by atoms with E-state index in [0.29, 0.717) is 5.56 Å². The van der Waals surface area contributed by atoms with E-state index in [-0.39, 0.29) is 45.6 Å². The molecule has 3 heterocycles. The SMILES string of the molecule is CNC(=O)c1cc(C#N)cc(C)c1NC(=O)c1cc(CN2NN[C@H](C(F)(F)F)N2)nn1-c1ncccc1Cl. The van der Waals surface area contributed by atoms with Crippen molar-refractivity contribution in [2.75, 3.05) is 12.4 Å². The number of carbonyl (C=O) groups excluding carboxylic acids is 2. The highest BCUT2D eigenvalue weighted by Gasteiger charge is 2.44. The van der Waals surface area contributed by atoms with E-state index >= 15 is 0 Å². The fraction of sp³-hybridized carbons (Fsp3) is 0.227. The Morgan fingerprint density at radius 3 is 2.66 bits per heavy atom. The van der Waals surface area contributed by atoms with Crippen LogP contribution < -0.4 is 27.0 Å². The van der Waals surface area contributed by atoms with E-state index in [1.165, 1.54) is 37.5 Å². The number of hydrogen-bond acceptors (Lipinski definition) is 9. The number of halogens is 4. The zero-order valence-corrected chi connectivity index (χ0v) is 20.6. The van der Waals surface area contributed by atoms with Crippen molar-refractivity contribution in [1.29, 1.82) is 5.26 Å². The summed E-state index contributed by atoms with van der Waals surface area (Å²) in [5.74, 6) is -1.14. The molecule has 12 nitrogen and oxygen atoms in total. The Balaban J connectivity index is 1.70. The highest BCUT2D eigenvalue weighted by molar-refractivity contribution is 6.32. The molecule has 1 atom stereocenters. The molecule has 0 aliphatic carbocycles. The molecule has 1 fully saturated rings. The highest BCUT2D eigenvalue weighted by atomic mass is 35.5. The second-order valence-electron chi connectivity index (χ2n) is 8.05. The van der Waals surface area contributed by atoms with E-state index < -0.39 is 24.2 Å². The average molecular weight is 549 g/mol. The lowest BCUT2D eigenvalue weighted by Gasteiger charge is -2.15. The number of aromatic nitrogens is 3. The van der Waals surface area contributed by atoms with Gasteiger partial charge in [0, 0.05) is 13.2 Å². The van der Waals surface area contributed by atoms with Crippen LogP contribution in [0.3, 0.4) is 0 Å². The van der Waals surface area contributed by atoms with Crippen LogP contribution in [-0.2, 0) is 6.54 Å². The second kappa shape index (κ2) is 10.7. The summed E-state index contributed by atoms with van der Waals surface area (Å²) in [7, 11) is 1.41. The number of hydrogen-bond donors (Lipinski definition) is 5. The van der Waals surface area contributed by atoms with E-state index in [0.717, 1.165) is 9.80 Å². The molecule has 2 amide bonds. The van der Waals surface area contributed by atoms with Crippen molar-refractivity contribution in [3.8, 4) is 11.9 Å². The normalized spacial score (nSPS) is 15.8. The molecule has 2 aromatic heterocycles. The number of benzene rings is 1. The number of hydrazine groups is 3. The third-order valence-corrected chi connectivity index (χ3v) is 5.68. The topological polar surface area (TPSA) is 152 Å². The predicted molar refractivity (Wildman–Crippen MR) is 128 cm³/mol. The van der Waals surface area contributed by atoms with Crippen molar-refractivity contribution in [3.63, 3.8) is 0 Å². The van der Waals surface area contributed by atoms with Gasteiger partial charge in [0.15, 0.2) is 12.0 Å². The minimum Gasteiger partial charge on any atom is -0.355 e. The van der Waals surface area contributed by atoms with Gasteiger partial charge in [-0.2, -0.15) is 34.2 Å². The third kappa shape index (κ3) is 5.59. The number of nitrogens with one attached hydrogen (secondary N) is 5. The van der Waals surface area contributed by atoms with Crippen LogP contribution in [0.2, 0.25) is 5.02 Å². The number of aryl methyl sites for hydroxylation is 1. The summed E-state index contributed by atoms with van der Waals surface area (Å²) in [5, 5.41) is 19.9. The van der Waals surface area contributed by atoms with Gasteiger partial charge in [-0.1, -0.05) is 11.6 Å². The molecule has 198 valence electrons. The maximum absolute atomic E-state index is 13.5. The molecule has 1 aliphatic rings. The molecule has 16 heteroatoms. The maximum Gasteiger partial charge on any atom is 0.419 e. The van der Waals surface area contributed by atoms with Gasteiger partial charge in [0.05, 0.1) is 40.1 Å². The number of carbonyl (C=O) groups is 2. The highest BCUT2D eigenvalue weighted by Crippen LogP contribution is 2.26. The first kappa shape index (κ1) is 27.0. The summed E-state index contributed by atoms with van der Waals surface area (Å²) in [6, 6.07) is 9.27. The molecule has 1 aromatic carbocycles. The number of nitrogens with zero attached hydrogens (tertiary/aromatic N) is 5. The molecule has 38 heavy (non-hydrogen) atoms. The molecule has 1 saturated heterocycles. The van der Waals surface area contributed by atoms with Crippen LogP contribution in [-0.4, -0.2) is 51.1 Å². The number of anilines is 1. The molecule has 3 aromatic rings. The molecule has 0 saturated carbocycles. The predicted octanol–water partition coefficient (Wildman–Crippen LogP) is 1.93. The standard InChI is InChI=1S/C22H20ClF3N10O2/c1-11-6-12(9-27)7-14(19(37)28-2)17(11)30-20(38)16-8-13(10-35-33-21(31-34-35)22(24,25)26)32-36(16)18-15(23)4-3-5-29-18/h3-8,21,31,33-34H,10H2,1-2H3,(H,28,37)(H,30,38)/t21-/m0/s1. The quantitative estimate of drug-likeness (QED) is 0.311. The Hall–Kier alpha value is -4.07. The molecule has 0 unspecified atom stereocenters. The zero-order chi connectivity index (χ0) is 27.6. The Labute approximate surface area is 218 Å². The molecular weight excluding hydrogens is 529 g/mol. The van der Waals surface area contributed by atoms with Crippen LogP contribution in [0, 0.1) is 18.3 Å². The summed E-state index contributed by atoms with van der Waals surface area (Å²) in [6.07, 6.45) is -5.16. The summed E-state index contributed by atoms with van der Waals surface area (Å²) in [4.78, 5) is 30.1. The number of nitriles is 1.